The maximum Gasteiger partial charge on any atom is 0.211 e. The number of nitrogens with one attached hydrogen (secondary N) is 1. The molecular weight excluding hydrogens is 324 g/mol. The molecule has 1 spiro atoms. The number of hydrogen-bond donors (Lipinski definition) is 1. The van der Waals surface area contributed by atoms with Crippen molar-refractivity contribution in [3.8, 4) is 0 Å². The monoisotopic (exact) mass is 352 g/mol. The Kier molecular flexibility index (Phi) is 5.30. The Labute approximate surface area is 145 Å². The molecule has 0 radical (unpaired) electrons. The number of ether oxygens (including phenoxy) is 1. The van der Waals surface area contributed by atoms with Gasteiger partial charge < -0.3 is 4.74 Å². The molecule has 1 aromatic rings. The van der Waals surface area contributed by atoms with Crippen LogP contribution in [-0.4, -0.2) is 50.9 Å². The van der Waals surface area contributed by atoms with Gasteiger partial charge in [-0.25, -0.2) is 13.1 Å². The van der Waals surface area contributed by atoms with Gasteiger partial charge in [0.1, 0.15) is 0 Å². The van der Waals surface area contributed by atoms with Crippen molar-refractivity contribution in [3.05, 3.63) is 35.4 Å². The molecule has 0 aromatic heterocycles. The summed E-state index contributed by atoms with van der Waals surface area (Å²) >= 11 is 0. The van der Waals surface area contributed by atoms with E-state index in [-0.39, 0.29) is 11.4 Å². The van der Waals surface area contributed by atoms with Crippen molar-refractivity contribution < 1.29 is 13.2 Å². The Morgan fingerprint density at radius 2 is 2.00 bits per heavy atom. The van der Waals surface area contributed by atoms with E-state index in [9.17, 15) is 8.42 Å². The zero-order valence-electron chi connectivity index (χ0n) is 14.6. The largest absolute Gasteiger partial charge is 0.372 e. The molecule has 2 heterocycles. The summed E-state index contributed by atoms with van der Waals surface area (Å²) in [4.78, 5) is 2.42. The second kappa shape index (κ2) is 7.12. The first-order valence-corrected chi connectivity index (χ1v) is 10.4. The lowest BCUT2D eigenvalue weighted by Crippen LogP contribution is -2.64. The van der Waals surface area contributed by atoms with Crippen molar-refractivity contribution in [2.75, 3.05) is 32.0 Å². The maximum atomic E-state index is 11.5. The van der Waals surface area contributed by atoms with Crippen LogP contribution in [0, 0.1) is 12.8 Å². The van der Waals surface area contributed by atoms with Crippen LogP contribution in [0.15, 0.2) is 24.3 Å². The molecule has 5 nitrogen and oxygen atoms in total. The highest BCUT2D eigenvalue weighted by atomic mass is 32.2. The van der Waals surface area contributed by atoms with Crippen LogP contribution in [0.1, 0.15) is 30.9 Å². The Bertz CT molecular complexity index is 641. The van der Waals surface area contributed by atoms with Crippen LogP contribution in [0.4, 0.5) is 0 Å². The highest BCUT2D eigenvalue weighted by Crippen LogP contribution is 2.36. The molecule has 2 fully saturated rings. The SMILES string of the molecule is CCS(=O)(=O)NCC1CCC2(CN(Cc3ccc(C)cc3)C2)OC1. The van der Waals surface area contributed by atoms with Crippen molar-refractivity contribution in [3.63, 3.8) is 0 Å². The average Bonchev–Trinajstić information content (AvgIpc) is 2.55. The third-order valence-corrected chi connectivity index (χ3v) is 6.52. The lowest BCUT2D eigenvalue weighted by molar-refractivity contribution is -0.181. The van der Waals surface area contributed by atoms with Gasteiger partial charge in [0.05, 0.1) is 18.0 Å². The smallest absolute Gasteiger partial charge is 0.211 e. The molecule has 134 valence electrons. The van der Waals surface area contributed by atoms with E-state index in [1.165, 1.54) is 11.1 Å². The minimum absolute atomic E-state index is 0.00479. The van der Waals surface area contributed by atoms with Crippen LogP contribution in [0.3, 0.4) is 0 Å². The van der Waals surface area contributed by atoms with Crippen molar-refractivity contribution in [2.24, 2.45) is 5.92 Å². The van der Waals surface area contributed by atoms with E-state index >= 15 is 0 Å². The Morgan fingerprint density at radius 1 is 1.29 bits per heavy atom. The van der Waals surface area contributed by atoms with E-state index in [2.05, 4.69) is 40.8 Å². The molecule has 0 bridgehead atoms. The number of rotatable bonds is 6. The van der Waals surface area contributed by atoms with E-state index in [0.717, 1.165) is 32.5 Å². The molecule has 2 aliphatic rings. The van der Waals surface area contributed by atoms with Gasteiger partial charge in [0, 0.05) is 26.2 Å². The Morgan fingerprint density at radius 3 is 2.58 bits per heavy atom. The molecule has 3 rings (SSSR count). The van der Waals surface area contributed by atoms with Gasteiger partial charge in [-0.05, 0) is 38.2 Å². The van der Waals surface area contributed by atoms with Gasteiger partial charge in [-0.1, -0.05) is 29.8 Å². The highest BCUT2D eigenvalue weighted by Gasteiger charge is 2.46. The highest BCUT2D eigenvalue weighted by molar-refractivity contribution is 7.89. The van der Waals surface area contributed by atoms with Crippen LogP contribution in [0.25, 0.3) is 0 Å². The minimum atomic E-state index is -3.10. The summed E-state index contributed by atoms with van der Waals surface area (Å²) in [7, 11) is -3.10. The molecule has 2 saturated heterocycles. The third-order valence-electron chi connectivity index (χ3n) is 5.16. The summed E-state index contributed by atoms with van der Waals surface area (Å²) < 4.78 is 31.8. The number of likely N-dealkylation sites (tertiary alicyclic amines) is 1. The maximum absolute atomic E-state index is 11.5. The fraction of sp³-hybridized carbons (Fsp3) is 0.667. The molecule has 0 amide bonds. The number of nitrogens with zero attached hydrogens (tertiary/aromatic N) is 1. The summed E-state index contributed by atoms with van der Waals surface area (Å²) in [6.07, 6.45) is 2.06. The van der Waals surface area contributed by atoms with E-state index in [1.54, 1.807) is 6.92 Å². The Hall–Kier alpha value is -0.950. The van der Waals surface area contributed by atoms with Crippen LogP contribution in [0.2, 0.25) is 0 Å². The number of hydrogen-bond acceptors (Lipinski definition) is 4. The molecule has 1 unspecified atom stereocenters. The molecule has 0 aliphatic carbocycles. The van der Waals surface area contributed by atoms with Crippen molar-refractivity contribution in [1.29, 1.82) is 0 Å². The van der Waals surface area contributed by atoms with Gasteiger partial charge in [0.15, 0.2) is 0 Å². The summed E-state index contributed by atoms with van der Waals surface area (Å²) in [6.45, 7) is 7.86. The van der Waals surface area contributed by atoms with E-state index in [0.29, 0.717) is 19.1 Å². The summed E-state index contributed by atoms with van der Waals surface area (Å²) in [5, 5.41) is 0. The van der Waals surface area contributed by atoms with Crippen LogP contribution < -0.4 is 4.72 Å². The predicted molar refractivity (Wildman–Crippen MR) is 95.3 cm³/mol. The first kappa shape index (κ1) is 17.9. The summed E-state index contributed by atoms with van der Waals surface area (Å²) in [6, 6.07) is 8.70. The van der Waals surface area contributed by atoms with E-state index < -0.39 is 10.0 Å². The zero-order chi connectivity index (χ0) is 17.2. The minimum Gasteiger partial charge on any atom is -0.372 e. The van der Waals surface area contributed by atoms with Crippen LogP contribution in [0.5, 0.6) is 0 Å². The van der Waals surface area contributed by atoms with Gasteiger partial charge in [0.25, 0.3) is 0 Å². The molecule has 6 heteroatoms. The van der Waals surface area contributed by atoms with Gasteiger partial charge >= 0.3 is 0 Å². The molecule has 24 heavy (non-hydrogen) atoms. The Balaban J connectivity index is 1.41. The predicted octanol–water partition coefficient (Wildman–Crippen LogP) is 1.92. The molecule has 1 N–H and O–H groups in total. The lowest BCUT2D eigenvalue weighted by Gasteiger charge is -2.53. The fourth-order valence-electron chi connectivity index (χ4n) is 3.51. The quantitative estimate of drug-likeness (QED) is 0.850. The van der Waals surface area contributed by atoms with Crippen LogP contribution in [-0.2, 0) is 21.3 Å². The molecular formula is C18H28N2O3S. The van der Waals surface area contributed by atoms with E-state index in [4.69, 9.17) is 4.74 Å². The molecule has 0 saturated carbocycles. The van der Waals surface area contributed by atoms with Crippen molar-refractivity contribution in [2.45, 2.75) is 38.8 Å². The van der Waals surface area contributed by atoms with Gasteiger partial charge in [-0.15, -0.1) is 0 Å². The second-order valence-electron chi connectivity index (χ2n) is 7.28. The van der Waals surface area contributed by atoms with Crippen molar-refractivity contribution >= 4 is 10.0 Å². The first-order chi connectivity index (χ1) is 11.4. The van der Waals surface area contributed by atoms with Gasteiger partial charge in [-0.2, -0.15) is 0 Å². The lowest BCUT2D eigenvalue weighted by atomic mass is 9.83. The first-order valence-electron chi connectivity index (χ1n) is 8.79. The van der Waals surface area contributed by atoms with Crippen LogP contribution >= 0.6 is 0 Å². The number of benzene rings is 1. The second-order valence-corrected chi connectivity index (χ2v) is 9.38. The van der Waals surface area contributed by atoms with Crippen molar-refractivity contribution in [1.82, 2.24) is 9.62 Å². The summed E-state index contributed by atoms with van der Waals surface area (Å²) in [5.74, 6) is 0.432. The fourth-order valence-corrected chi connectivity index (χ4v) is 4.20. The standard InChI is InChI=1S/C18H28N2O3S/c1-3-24(21,22)19-10-17-8-9-18(23-12-17)13-20(14-18)11-16-6-4-15(2)5-7-16/h4-7,17,19H,3,8-14H2,1-2H3. The van der Waals surface area contributed by atoms with E-state index in [1.807, 2.05) is 0 Å². The molecule has 1 aromatic carbocycles. The topological polar surface area (TPSA) is 58.6 Å². The zero-order valence-corrected chi connectivity index (χ0v) is 15.4. The number of sulfonamides is 1. The number of aryl methyl sites for hydroxylation is 1. The normalized spacial score (nSPS) is 24.0. The molecule has 2 aliphatic heterocycles. The summed E-state index contributed by atoms with van der Waals surface area (Å²) in [5.41, 5.74) is 2.64. The average molecular weight is 353 g/mol. The molecule has 1 atom stereocenters. The third kappa shape index (κ3) is 4.36. The van der Waals surface area contributed by atoms with Gasteiger partial charge in [0.2, 0.25) is 10.0 Å². The van der Waals surface area contributed by atoms with Gasteiger partial charge in [-0.3, -0.25) is 4.90 Å².